The maximum absolute atomic E-state index is 13.0. The molecule has 3 unspecified atom stereocenters. The lowest BCUT2D eigenvalue weighted by Crippen LogP contribution is -2.18. The number of aryl methyl sites for hydroxylation is 1. The van der Waals surface area contributed by atoms with E-state index in [0.717, 1.165) is 11.1 Å². The minimum atomic E-state index is -3.69. The van der Waals surface area contributed by atoms with Crippen LogP contribution in [0.25, 0.3) is 0 Å². The van der Waals surface area contributed by atoms with Crippen molar-refractivity contribution in [1.82, 2.24) is 0 Å². The van der Waals surface area contributed by atoms with Crippen LogP contribution in [-0.2, 0) is 9.84 Å². The molecule has 1 saturated carbocycles. The normalized spacial score (nSPS) is 26.5. The minimum Gasteiger partial charge on any atom is -0.395 e. The molecule has 5 heteroatoms. The fourth-order valence-electron chi connectivity index (χ4n) is 3.22. The van der Waals surface area contributed by atoms with Gasteiger partial charge in [-0.2, -0.15) is 5.26 Å². The van der Waals surface area contributed by atoms with Crippen molar-refractivity contribution < 1.29 is 13.5 Å². The second-order valence-electron chi connectivity index (χ2n) is 5.98. The average Bonchev–Trinajstić information content (AvgIpc) is 3.27. The molecule has 1 aliphatic rings. The molecule has 0 amide bonds. The molecule has 23 heavy (non-hydrogen) atoms. The van der Waals surface area contributed by atoms with Crippen LogP contribution < -0.4 is 0 Å². The molecule has 3 rings (SSSR count). The van der Waals surface area contributed by atoms with E-state index in [1.54, 1.807) is 36.4 Å². The first-order chi connectivity index (χ1) is 11.0. The maximum atomic E-state index is 13.0. The predicted molar refractivity (Wildman–Crippen MR) is 86.5 cm³/mol. The zero-order valence-corrected chi connectivity index (χ0v) is 13.5. The Hall–Kier alpha value is -2.16. The Kier molecular flexibility index (Phi) is 3.75. The summed E-state index contributed by atoms with van der Waals surface area (Å²) < 4.78 is 25.9. The van der Waals surface area contributed by atoms with Crippen molar-refractivity contribution in [2.45, 2.75) is 23.0 Å². The van der Waals surface area contributed by atoms with Crippen molar-refractivity contribution in [3.8, 4) is 6.07 Å². The summed E-state index contributed by atoms with van der Waals surface area (Å²) in [6.45, 7) is 1.41. The Morgan fingerprint density at radius 1 is 1.13 bits per heavy atom. The number of aliphatic hydroxyl groups excluding tert-OH is 1. The van der Waals surface area contributed by atoms with Gasteiger partial charge in [-0.15, -0.1) is 0 Å². The van der Waals surface area contributed by atoms with E-state index < -0.39 is 33.0 Å². The molecule has 0 spiro atoms. The van der Waals surface area contributed by atoms with Crippen molar-refractivity contribution in [3.05, 3.63) is 65.7 Å². The van der Waals surface area contributed by atoms with Gasteiger partial charge in [-0.05, 0) is 24.6 Å². The van der Waals surface area contributed by atoms with Crippen LogP contribution >= 0.6 is 0 Å². The van der Waals surface area contributed by atoms with Crippen LogP contribution in [0.1, 0.15) is 17.0 Å². The highest BCUT2D eigenvalue weighted by molar-refractivity contribution is 7.92. The topological polar surface area (TPSA) is 78.2 Å². The van der Waals surface area contributed by atoms with Gasteiger partial charge in [0, 0.05) is 5.92 Å². The van der Waals surface area contributed by atoms with Gasteiger partial charge in [0.25, 0.3) is 0 Å². The molecule has 3 atom stereocenters. The zero-order chi connectivity index (χ0) is 16.7. The molecular weight excluding hydrogens is 310 g/mol. The lowest BCUT2D eigenvalue weighted by Gasteiger charge is -2.06. The number of hydrogen-bond donors (Lipinski definition) is 1. The van der Waals surface area contributed by atoms with Gasteiger partial charge in [-0.25, -0.2) is 8.42 Å². The van der Waals surface area contributed by atoms with Gasteiger partial charge in [0.1, 0.15) is 5.41 Å². The molecule has 118 valence electrons. The van der Waals surface area contributed by atoms with E-state index in [4.69, 9.17) is 0 Å². The number of hydrogen-bond acceptors (Lipinski definition) is 4. The molecule has 0 aromatic heterocycles. The third-order valence-corrected chi connectivity index (χ3v) is 6.86. The molecule has 2 aromatic rings. The first-order valence-corrected chi connectivity index (χ1v) is 8.89. The lowest BCUT2D eigenvalue weighted by molar-refractivity contribution is 0.242. The molecule has 1 N–H and O–H groups in total. The van der Waals surface area contributed by atoms with Crippen LogP contribution in [0.2, 0.25) is 0 Å². The van der Waals surface area contributed by atoms with Crippen LogP contribution in [0.5, 0.6) is 0 Å². The first-order valence-electron chi connectivity index (χ1n) is 7.35. The van der Waals surface area contributed by atoms with Gasteiger partial charge < -0.3 is 5.11 Å². The van der Waals surface area contributed by atoms with Gasteiger partial charge >= 0.3 is 0 Å². The van der Waals surface area contributed by atoms with E-state index >= 15 is 0 Å². The van der Waals surface area contributed by atoms with Crippen LogP contribution in [0.15, 0.2) is 59.5 Å². The van der Waals surface area contributed by atoms with E-state index in [1.165, 1.54) is 0 Å². The Morgan fingerprint density at radius 2 is 1.74 bits per heavy atom. The summed E-state index contributed by atoms with van der Waals surface area (Å²) in [5.74, 6) is -0.509. The number of nitriles is 1. The number of rotatable bonds is 4. The average molecular weight is 327 g/mol. The van der Waals surface area contributed by atoms with Crippen LogP contribution in [0, 0.1) is 23.7 Å². The Morgan fingerprint density at radius 3 is 2.26 bits per heavy atom. The molecule has 4 nitrogen and oxygen atoms in total. The summed E-state index contributed by atoms with van der Waals surface area (Å²) in [5.41, 5.74) is 0.460. The van der Waals surface area contributed by atoms with Gasteiger partial charge in [-0.1, -0.05) is 48.0 Å². The van der Waals surface area contributed by atoms with E-state index in [2.05, 4.69) is 6.07 Å². The molecule has 2 aromatic carbocycles. The van der Waals surface area contributed by atoms with Gasteiger partial charge in [-0.3, -0.25) is 0 Å². The van der Waals surface area contributed by atoms with Crippen molar-refractivity contribution in [1.29, 1.82) is 5.26 Å². The number of benzene rings is 2. The van der Waals surface area contributed by atoms with Gasteiger partial charge in [0.05, 0.1) is 22.8 Å². The van der Waals surface area contributed by atoms with Crippen LogP contribution in [0.4, 0.5) is 0 Å². The molecule has 0 saturated heterocycles. The van der Waals surface area contributed by atoms with Crippen molar-refractivity contribution in [2.75, 3.05) is 6.61 Å². The Bertz CT molecular complexity index is 853. The van der Waals surface area contributed by atoms with Gasteiger partial charge in [0.2, 0.25) is 0 Å². The summed E-state index contributed by atoms with van der Waals surface area (Å²) in [6.07, 6.45) is 0. The second-order valence-corrected chi connectivity index (χ2v) is 8.05. The van der Waals surface area contributed by atoms with E-state index in [-0.39, 0.29) is 4.90 Å². The highest BCUT2D eigenvalue weighted by Gasteiger charge is 2.72. The summed E-state index contributed by atoms with van der Waals surface area (Å²) in [5, 5.41) is 18.3. The third kappa shape index (κ3) is 2.35. The van der Waals surface area contributed by atoms with Crippen LogP contribution in [0.3, 0.4) is 0 Å². The molecule has 0 heterocycles. The second kappa shape index (κ2) is 5.48. The molecule has 1 fully saturated rings. The fraction of sp³-hybridized carbons (Fsp3) is 0.278. The molecular formula is C18H17NO3S. The molecule has 1 aliphatic carbocycles. The van der Waals surface area contributed by atoms with Gasteiger partial charge in [0.15, 0.2) is 9.84 Å². The standard InChI is InChI=1S/C18H17NO3S/c1-13-7-9-15(10-8-13)23(21,22)17-16(18(17,11-19)12-20)14-5-3-2-4-6-14/h2-10,16-17,20H,12H2,1H3. The first kappa shape index (κ1) is 15.7. The van der Waals surface area contributed by atoms with Crippen molar-refractivity contribution in [2.24, 2.45) is 5.41 Å². The number of aliphatic hydroxyl groups is 1. The Balaban J connectivity index is 2.07. The van der Waals surface area contributed by atoms with Crippen molar-refractivity contribution >= 4 is 9.84 Å². The lowest BCUT2D eigenvalue weighted by atomic mass is 10.0. The smallest absolute Gasteiger partial charge is 0.183 e. The molecule has 0 bridgehead atoms. The summed E-state index contributed by atoms with van der Waals surface area (Å²) in [7, 11) is -3.69. The fourth-order valence-corrected chi connectivity index (χ4v) is 5.54. The summed E-state index contributed by atoms with van der Waals surface area (Å²) in [6, 6.07) is 17.7. The Labute approximate surface area is 135 Å². The minimum absolute atomic E-state index is 0.194. The van der Waals surface area contributed by atoms with E-state index in [0.29, 0.717) is 0 Å². The summed E-state index contributed by atoms with van der Waals surface area (Å²) in [4.78, 5) is 0.194. The van der Waals surface area contributed by atoms with E-state index in [9.17, 15) is 18.8 Å². The highest BCUT2D eigenvalue weighted by Crippen LogP contribution is 2.63. The molecule has 0 aliphatic heterocycles. The molecule has 0 radical (unpaired) electrons. The third-order valence-electron chi connectivity index (χ3n) is 4.57. The quantitative estimate of drug-likeness (QED) is 0.935. The predicted octanol–water partition coefficient (Wildman–Crippen LogP) is 2.44. The zero-order valence-electron chi connectivity index (χ0n) is 12.7. The van der Waals surface area contributed by atoms with E-state index in [1.807, 2.05) is 25.1 Å². The SMILES string of the molecule is Cc1ccc(S(=O)(=O)C2C(c3ccccc3)C2(C#N)CO)cc1. The largest absolute Gasteiger partial charge is 0.395 e. The van der Waals surface area contributed by atoms with Crippen LogP contribution in [-0.4, -0.2) is 25.4 Å². The number of nitrogens with zero attached hydrogens (tertiary/aromatic N) is 1. The monoisotopic (exact) mass is 327 g/mol. The highest BCUT2D eigenvalue weighted by atomic mass is 32.2. The van der Waals surface area contributed by atoms with Crippen molar-refractivity contribution in [3.63, 3.8) is 0 Å². The number of sulfone groups is 1. The maximum Gasteiger partial charge on any atom is 0.183 e. The summed E-state index contributed by atoms with van der Waals surface area (Å²) >= 11 is 0.